The third kappa shape index (κ3) is 6.46. The molecule has 0 saturated carbocycles. The van der Waals surface area contributed by atoms with Crippen LogP contribution in [0.5, 0.6) is 0 Å². The lowest BCUT2D eigenvalue weighted by atomic mass is 10.2. The number of benzene rings is 1. The van der Waals surface area contributed by atoms with E-state index in [1.165, 1.54) is 0 Å². The fourth-order valence-corrected chi connectivity index (χ4v) is 3.72. The number of nitrogens with zero attached hydrogens (tertiary/aromatic N) is 2. The molecule has 1 aliphatic rings. The molecule has 6 heteroatoms. The Labute approximate surface area is 178 Å². The van der Waals surface area contributed by atoms with Gasteiger partial charge in [0.2, 0.25) is 11.8 Å². The van der Waals surface area contributed by atoms with E-state index in [0.29, 0.717) is 26.1 Å². The van der Waals surface area contributed by atoms with Crippen LogP contribution in [0.15, 0.2) is 46.9 Å². The van der Waals surface area contributed by atoms with Gasteiger partial charge in [-0.15, -0.1) is 0 Å². The predicted octanol–water partition coefficient (Wildman–Crippen LogP) is 3.92. The maximum Gasteiger partial charge on any atom is 0.242 e. The molecule has 0 spiro atoms. The Balaban J connectivity index is 1.73. The van der Waals surface area contributed by atoms with Crippen LogP contribution in [0.25, 0.3) is 0 Å². The van der Waals surface area contributed by atoms with E-state index in [4.69, 9.17) is 9.15 Å². The van der Waals surface area contributed by atoms with Crippen molar-refractivity contribution in [3.63, 3.8) is 0 Å². The van der Waals surface area contributed by atoms with Crippen LogP contribution in [0.1, 0.15) is 49.7 Å². The maximum atomic E-state index is 13.3. The van der Waals surface area contributed by atoms with E-state index in [0.717, 1.165) is 43.0 Å². The highest BCUT2D eigenvalue weighted by molar-refractivity contribution is 5.84. The summed E-state index contributed by atoms with van der Waals surface area (Å²) in [7, 11) is 0. The molecular weight excluding hydrogens is 380 g/mol. The molecule has 0 bridgehead atoms. The highest BCUT2D eigenvalue weighted by atomic mass is 16.5. The molecule has 1 unspecified atom stereocenters. The number of hydrogen-bond donors (Lipinski definition) is 0. The van der Waals surface area contributed by atoms with Gasteiger partial charge in [-0.05, 0) is 43.9 Å². The largest absolute Gasteiger partial charge is 0.464 e. The van der Waals surface area contributed by atoms with Crippen molar-refractivity contribution in [3.05, 3.63) is 59.5 Å². The summed E-state index contributed by atoms with van der Waals surface area (Å²) < 4.78 is 11.4. The molecule has 2 heterocycles. The second kappa shape index (κ2) is 11.0. The van der Waals surface area contributed by atoms with Gasteiger partial charge in [-0.25, -0.2) is 0 Å². The highest BCUT2D eigenvalue weighted by Gasteiger charge is 2.26. The lowest BCUT2D eigenvalue weighted by Crippen LogP contribution is -2.45. The minimum atomic E-state index is -0.0876. The number of hydrogen-bond acceptors (Lipinski definition) is 4. The van der Waals surface area contributed by atoms with Gasteiger partial charge in [0.05, 0.1) is 19.2 Å². The average molecular weight is 413 g/mol. The zero-order valence-corrected chi connectivity index (χ0v) is 18.0. The first-order valence-electron chi connectivity index (χ1n) is 10.8. The van der Waals surface area contributed by atoms with Gasteiger partial charge in [0.15, 0.2) is 0 Å². The third-order valence-corrected chi connectivity index (χ3v) is 5.30. The average Bonchev–Trinajstić information content (AvgIpc) is 3.39. The van der Waals surface area contributed by atoms with E-state index in [1.54, 1.807) is 9.80 Å². The summed E-state index contributed by atoms with van der Waals surface area (Å²) >= 11 is 0. The monoisotopic (exact) mass is 412 g/mol. The number of furan rings is 1. The van der Waals surface area contributed by atoms with Crippen molar-refractivity contribution in [3.8, 4) is 0 Å². The Hall–Kier alpha value is -2.60. The third-order valence-electron chi connectivity index (χ3n) is 5.30. The Morgan fingerprint density at radius 3 is 2.47 bits per heavy atom. The summed E-state index contributed by atoms with van der Waals surface area (Å²) in [6, 6.07) is 13.7. The molecule has 1 aromatic carbocycles. The van der Waals surface area contributed by atoms with Crippen molar-refractivity contribution in [2.75, 3.05) is 19.7 Å². The zero-order valence-electron chi connectivity index (χ0n) is 18.0. The summed E-state index contributed by atoms with van der Waals surface area (Å²) in [4.78, 5) is 29.4. The summed E-state index contributed by atoms with van der Waals surface area (Å²) in [6.45, 7) is 5.97. The predicted molar refractivity (Wildman–Crippen MR) is 115 cm³/mol. The number of amides is 2. The molecule has 1 atom stereocenters. The van der Waals surface area contributed by atoms with Gasteiger partial charge in [0.1, 0.15) is 11.5 Å². The summed E-state index contributed by atoms with van der Waals surface area (Å²) in [6.07, 6.45) is 3.16. The number of aryl methyl sites for hydroxylation is 1. The zero-order chi connectivity index (χ0) is 21.3. The van der Waals surface area contributed by atoms with Crippen molar-refractivity contribution < 1.29 is 18.7 Å². The molecule has 162 valence electrons. The number of carbonyl (C=O) groups excluding carboxylic acids is 2. The summed E-state index contributed by atoms with van der Waals surface area (Å²) in [5.74, 6) is 1.47. The first-order valence-corrected chi connectivity index (χ1v) is 10.8. The Morgan fingerprint density at radius 1 is 1.03 bits per heavy atom. The van der Waals surface area contributed by atoms with E-state index in [-0.39, 0.29) is 24.5 Å². The van der Waals surface area contributed by atoms with Gasteiger partial charge in [-0.3, -0.25) is 9.59 Å². The maximum absolute atomic E-state index is 13.3. The molecule has 6 nitrogen and oxygen atoms in total. The Bertz CT molecular complexity index is 812. The molecule has 30 heavy (non-hydrogen) atoms. The van der Waals surface area contributed by atoms with Crippen molar-refractivity contribution >= 4 is 11.8 Å². The summed E-state index contributed by atoms with van der Waals surface area (Å²) in [5, 5.41) is 0. The van der Waals surface area contributed by atoms with Crippen LogP contribution < -0.4 is 0 Å². The molecule has 2 aromatic rings. The van der Waals surface area contributed by atoms with E-state index in [1.807, 2.05) is 56.3 Å². The SMILES string of the molecule is CCCC(=O)N(CC(=O)N(Cc1ccccc1)Cc1ccc(C)o1)CC1CCCO1. The van der Waals surface area contributed by atoms with Crippen LogP contribution in [-0.2, 0) is 27.4 Å². The number of ether oxygens (including phenoxy) is 1. The molecule has 0 radical (unpaired) electrons. The van der Waals surface area contributed by atoms with Gasteiger partial charge in [0.25, 0.3) is 0 Å². The van der Waals surface area contributed by atoms with Gasteiger partial charge in [-0.2, -0.15) is 0 Å². The van der Waals surface area contributed by atoms with Gasteiger partial charge >= 0.3 is 0 Å². The lowest BCUT2D eigenvalue weighted by molar-refractivity contribution is -0.142. The summed E-state index contributed by atoms with van der Waals surface area (Å²) in [5.41, 5.74) is 1.04. The Kier molecular flexibility index (Phi) is 8.08. The van der Waals surface area contributed by atoms with Crippen LogP contribution in [0.3, 0.4) is 0 Å². The van der Waals surface area contributed by atoms with Crippen LogP contribution in [-0.4, -0.2) is 47.4 Å². The first-order chi connectivity index (χ1) is 14.5. The smallest absolute Gasteiger partial charge is 0.242 e. The molecule has 1 aromatic heterocycles. The minimum absolute atomic E-state index is 0.00912. The molecular formula is C24H32N2O4. The van der Waals surface area contributed by atoms with E-state index in [2.05, 4.69) is 0 Å². The van der Waals surface area contributed by atoms with Crippen molar-refractivity contribution in [2.45, 2.75) is 58.7 Å². The van der Waals surface area contributed by atoms with Gasteiger partial charge in [-0.1, -0.05) is 37.3 Å². The van der Waals surface area contributed by atoms with Crippen molar-refractivity contribution in [1.82, 2.24) is 9.80 Å². The number of carbonyl (C=O) groups is 2. The normalized spacial score (nSPS) is 15.9. The molecule has 3 rings (SSSR count). The topological polar surface area (TPSA) is 63.0 Å². The van der Waals surface area contributed by atoms with Crippen LogP contribution in [0.4, 0.5) is 0 Å². The van der Waals surface area contributed by atoms with E-state index in [9.17, 15) is 9.59 Å². The van der Waals surface area contributed by atoms with Crippen molar-refractivity contribution in [2.24, 2.45) is 0 Å². The molecule has 0 aliphatic carbocycles. The van der Waals surface area contributed by atoms with Crippen LogP contribution in [0.2, 0.25) is 0 Å². The molecule has 0 N–H and O–H groups in total. The van der Waals surface area contributed by atoms with Crippen LogP contribution in [0, 0.1) is 6.92 Å². The minimum Gasteiger partial charge on any atom is -0.464 e. The van der Waals surface area contributed by atoms with E-state index < -0.39 is 0 Å². The quantitative estimate of drug-likeness (QED) is 0.593. The second-order valence-corrected chi connectivity index (χ2v) is 7.91. The molecule has 1 fully saturated rings. The van der Waals surface area contributed by atoms with Gasteiger partial charge < -0.3 is 19.0 Å². The molecule has 1 aliphatic heterocycles. The lowest BCUT2D eigenvalue weighted by Gasteiger charge is -2.29. The van der Waals surface area contributed by atoms with Crippen LogP contribution >= 0.6 is 0 Å². The van der Waals surface area contributed by atoms with E-state index >= 15 is 0 Å². The fourth-order valence-electron chi connectivity index (χ4n) is 3.72. The molecule has 1 saturated heterocycles. The second-order valence-electron chi connectivity index (χ2n) is 7.91. The number of rotatable bonds is 10. The Morgan fingerprint density at radius 2 is 1.83 bits per heavy atom. The fraction of sp³-hybridized carbons (Fsp3) is 0.500. The highest BCUT2D eigenvalue weighted by Crippen LogP contribution is 2.17. The van der Waals surface area contributed by atoms with Gasteiger partial charge in [0, 0.05) is 26.1 Å². The van der Waals surface area contributed by atoms with Crippen molar-refractivity contribution in [1.29, 1.82) is 0 Å². The first kappa shape index (κ1) is 22.1. The molecule has 2 amide bonds. The standard InChI is InChI=1S/C24H32N2O4/c1-3-8-23(27)26(16-21-11-7-14-29-21)18-24(28)25(15-20-9-5-4-6-10-20)17-22-13-12-19(2)30-22/h4-6,9-10,12-13,21H,3,7-8,11,14-18H2,1-2H3.